The number of alkyl halides is 4. The van der Waals surface area contributed by atoms with Crippen molar-refractivity contribution >= 4 is 21.5 Å². The summed E-state index contributed by atoms with van der Waals surface area (Å²) in [7, 11) is -3.47. The fourth-order valence-corrected chi connectivity index (χ4v) is 5.76. The Morgan fingerprint density at radius 3 is 2.38 bits per heavy atom. The van der Waals surface area contributed by atoms with Gasteiger partial charge in [0.15, 0.2) is 15.6 Å². The molecule has 2 fully saturated rings. The average molecular weight is 571 g/mol. The Hall–Kier alpha value is -2.83. The molecule has 7 nitrogen and oxygen atoms in total. The van der Waals surface area contributed by atoms with Crippen LogP contribution in [0.3, 0.4) is 0 Å². The van der Waals surface area contributed by atoms with Crippen molar-refractivity contribution in [3.63, 3.8) is 0 Å². The second-order valence-corrected chi connectivity index (χ2v) is 12.5. The summed E-state index contributed by atoms with van der Waals surface area (Å²) in [6.07, 6.45) is -6.39. The first-order valence-electron chi connectivity index (χ1n) is 12.5. The highest BCUT2D eigenvalue weighted by molar-refractivity contribution is 7.90. The molecule has 2 aliphatic heterocycles. The fourth-order valence-electron chi connectivity index (χ4n) is 5.09. The van der Waals surface area contributed by atoms with Crippen LogP contribution in [-0.2, 0) is 24.2 Å². The van der Waals surface area contributed by atoms with Gasteiger partial charge < -0.3 is 9.64 Å². The number of carbonyl (C=O) groups is 2. The normalized spacial score (nSPS) is 23.2. The van der Waals surface area contributed by atoms with E-state index in [1.54, 1.807) is 26.0 Å². The number of sulfone groups is 1. The van der Waals surface area contributed by atoms with Gasteiger partial charge in [0.1, 0.15) is 31.0 Å². The minimum Gasteiger partial charge on any atom is -0.365 e. The summed E-state index contributed by atoms with van der Waals surface area (Å²) >= 11 is 0. The molecule has 212 valence electrons. The van der Waals surface area contributed by atoms with E-state index >= 15 is 0 Å². The number of hydrogen-bond acceptors (Lipinski definition) is 6. The summed E-state index contributed by atoms with van der Waals surface area (Å²) in [5.41, 5.74) is 0.869. The molecule has 2 aromatic rings. The van der Waals surface area contributed by atoms with E-state index in [1.807, 2.05) is 0 Å². The maximum Gasteiger partial charge on any atom is 0.407 e. The summed E-state index contributed by atoms with van der Waals surface area (Å²) in [5.74, 6) is -1.43. The van der Waals surface area contributed by atoms with Crippen LogP contribution in [0.15, 0.2) is 53.4 Å². The fraction of sp³-hybridized carbons (Fsp3) is 0.481. The molecule has 2 saturated heterocycles. The molecule has 0 radical (unpaired) electrons. The van der Waals surface area contributed by atoms with Gasteiger partial charge in [-0.2, -0.15) is 13.2 Å². The smallest absolute Gasteiger partial charge is 0.365 e. The minimum absolute atomic E-state index is 0.0294. The Morgan fingerprint density at radius 2 is 1.79 bits per heavy atom. The third-order valence-electron chi connectivity index (χ3n) is 6.95. The molecule has 0 bridgehead atoms. The standard InChI is InChI=1S/C27H30F4N2O5S/c1-15(2)11-21(26(35)33-13-20(28)24-23(33)22(34)14-38-24)32-25(27(29,30)31)17-9-7-16(8-10-17)18-5-4-6-19(12-18)39(3,36)37/h4-10,12,15,20-21,23-25,32H,11,13-14H2,1-3H3/t20-,21-,23+,24+,25-/m0/s1. The van der Waals surface area contributed by atoms with Gasteiger partial charge in [-0.05, 0) is 41.2 Å². The van der Waals surface area contributed by atoms with Gasteiger partial charge in [-0.15, -0.1) is 0 Å². The number of nitrogens with zero attached hydrogens (tertiary/aromatic N) is 1. The topological polar surface area (TPSA) is 92.8 Å². The number of Topliss-reactive ketones (excluding diaryl/α,β-unsaturated/α-hetero) is 1. The van der Waals surface area contributed by atoms with Crippen molar-refractivity contribution in [1.82, 2.24) is 10.2 Å². The molecule has 4 rings (SSSR count). The SMILES string of the molecule is CC(C)C[C@H](N[C@@H](c1ccc(-c2cccc(S(C)(=O)=O)c2)cc1)C(F)(F)F)C(=O)N1C[C@H](F)[C@H]2OCC(=O)[C@H]21. The summed E-state index contributed by atoms with van der Waals surface area (Å²) in [4.78, 5) is 26.8. The number of ketones is 1. The molecule has 2 aliphatic rings. The highest BCUT2D eigenvalue weighted by Crippen LogP contribution is 2.36. The van der Waals surface area contributed by atoms with Crippen molar-refractivity contribution in [2.75, 3.05) is 19.4 Å². The number of nitrogens with one attached hydrogen (secondary N) is 1. The van der Waals surface area contributed by atoms with Gasteiger partial charge in [-0.3, -0.25) is 14.9 Å². The highest BCUT2D eigenvalue weighted by atomic mass is 32.2. The molecule has 1 N–H and O–H groups in total. The van der Waals surface area contributed by atoms with Gasteiger partial charge in [0.05, 0.1) is 17.5 Å². The van der Waals surface area contributed by atoms with E-state index in [1.165, 1.54) is 36.4 Å². The molecular formula is C27H30F4N2O5S. The van der Waals surface area contributed by atoms with Gasteiger partial charge in [-0.25, -0.2) is 12.8 Å². The molecule has 5 atom stereocenters. The molecular weight excluding hydrogens is 540 g/mol. The summed E-state index contributed by atoms with van der Waals surface area (Å²) < 4.78 is 86.3. The molecule has 0 aliphatic carbocycles. The van der Waals surface area contributed by atoms with E-state index in [-0.39, 0.29) is 29.4 Å². The van der Waals surface area contributed by atoms with Crippen LogP contribution < -0.4 is 5.32 Å². The number of rotatable bonds is 8. The van der Waals surface area contributed by atoms with E-state index in [0.29, 0.717) is 11.1 Å². The lowest BCUT2D eigenvalue weighted by Gasteiger charge is -2.32. The van der Waals surface area contributed by atoms with Crippen molar-refractivity contribution in [2.24, 2.45) is 5.92 Å². The maximum atomic E-state index is 14.5. The number of halogens is 4. The molecule has 0 spiro atoms. The summed E-state index contributed by atoms with van der Waals surface area (Å²) in [6.45, 7) is 2.73. The Labute approximate surface area is 224 Å². The number of amides is 1. The summed E-state index contributed by atoms with van der Waals surface area (Å²) in [5, 5.41) is 2.45. The second-order valence-electron chi connectivity index (χ2n) is 10.4. The largest absolute Gasteiger partial charge is 0.407 e. The van der Waals surface area contributed by atoms with Crippen LogP contribution in [0, 0.1) is 5.92 Å². The predicted molar refractivity (Wildman–Crippen MR) is 135 cm³/mol. The Balaban J connectivity index is 1.61. The maximum absolute atomic E-state index is 14.5. The highest BCUT2D eigenvalue weighted by Gasteiger charge is 2.54. The molecule has 2 aromatic carbocycles. The predicted octanol–water partition coefficient (Wildman–Crippen LogP) is 3.88. The third-order valence-corrected chi connectivity index (χ3v) is 8.06. The second kappa shape index (κ2) is 11.0. The first-order valence-corrected chi connectivity index (χ1v) is 14.4. The Morgan fingerprint density at radius 1 is 1.13 bits per heavy atom. The molecule has 39 heavy (non-hydrogen) atoms. The van der Waals surface area contributed by atoms with Crippen LogP contribution in [-0.4, -0.2) is 75.0 Å². The average Bonchev–Trinajstić information content (AvgIpc) is 3.40. The van der Waals surface area contributed by atoms with Crippen LogP contribution in [0.5, 0.6) is 0 Å². The number of likely N-dealkylation sites (tertiary alicyclic amines) is 1. The zero-order valence-electron chi connectivity index (χ0n) is 21.6. The molecule has 0 saturated carbocycles. The minimum atomic E-state index is -4.78. The van der Waals surface area contributed by atoms with Gasteiger partial charge >= 0.3 is 6.18 Å². The molecule has 12 heteroatoms. The molecule has 2 heterocycles. The van der Waals surface area contributed by atoms with Gasteiger partial charge in [0.2, 0.25) is 5.91 Å². The van der Waals surface area contributed by atoms with Gasteiger partial charge in [-0.1, -0.05) is 50.2 Å². The van der Waals surface area contributed by atoms with Crippen molar-refractivity contribution in [2.45, 2.75) is 61.7 Å². The van der Waals surface area contributed by atoms with E-state index < -0.39 is 64.6 Å². The van der Waals surface area contributed by atoms with Gasteiger partial charge in [0, 0.05) is 6.26 Å². The zero-order chi connectivity index (χ0) is 28.7. The number of carbonyl (C=O) groups excluding carboxylic acids is 2. The first-order chi connectivity index (χ1) is 18.2. The lowest BCUT2D eigenvalue weighted by Crippen LogP contribution is -2.53. The van der Waals surface area contributed by atoms with Crippen molar-refractivity contribution in [3.8, 4) is 11.1 Å². The van der Waals surface area contributed by atoms with E-state index in [4.69, 9.17) is 4.74 Å². The van der Waals surface area contributed by atoms with E-state index in [9.17, 15) is 35.6 Å². The lowest BCUT2D eigenvalue weighted by atomic mass is 9.97. The number of ether oxygens (including phenoxy) is 1. The molecule has 0 aromatic heterocycles. The van der Waals surface area contributed by atoms with Crippen molar-refractivity contribution < 1.29 is 40.3 Å². The van der Waals surface area contributed by atoms with Crippen LogP contribution in [0.25, 0.3) is 11.1 Å². The van der Waals surface area contributed by atoms with Crippen molar-refractivity contribution in [3.05, 3.63) is 54.1 Å². The van der Waals surface area contributed by atoms with Crippen LogP contribution in [0.1, 0.15) is 31.9 Å². The zero-order valence-corrected chi connectivity index (χ0v) is 22.4. The number of hydrogen-bond donors (Lipinski definition) is 1. The van der Waals surface area contributed by atoms with Crippen LogP contribution in [0.2, 0.25) is 0 Å². The lowest BCUT2D eigenvalue weighted by molar-refractivity contribution is -0.163. The van der Waals surface area contributed by atoms with Crippen LogP contribution in [0.4, 0.5) is 17.6 Å². The first kappa shape index (κ1) is 29.2. The number of fused-ring (bicyclic) bond motifs is 1. The molecule has 0 unspecified atom stereocenters. The monoisotopic (exact) mass is 570 g/mol. The third kappa shape index (κ3) is 6.33. The van der Waals surface area contributed by atoms with E-state index in [0.717, 1.165) is 11.2 Å². The Kier molecular flexibility index (Phi) is 8.21. The number of benzene rings is 2. The van der Waals surface area contributed by atoms with Crippen molar-refractivity contribution in [1.29, 1.82) is 0 Å². The summed E-state index contributed by atoms with van der Waals surface area (Å²) in [6, 6.07) is 6.80. The Bertz CT molecular complexity index is 1330. The van der Waals surface area contributed by atoms with E-state index in [2.05, 4.69) is 5.32 Å². The van der Waals surface area contributed by atoms with Gasteiger partial charge in [0.25, 0.3) is 0 Å². The molecule has 1 amide bonds. The van der Waals surface area contributed by atoms with Crippen LogP contribution >= 0.6 is 0 Å². The quantitative estimate of drug-likeness (QED) is 0.485.